The van der Waals surface area contributed by atoms with Gasteiger partial charge in [-0.1, -0.05) is 23.8 Å². The van der Waals surface area contributed by atoms with Gasteiger partial charge in [0, 0.05) is 21.8 Å². The standard InChI is InChI=1S/C24H24N2O4S/c1-16-7-10-18(11-8-16)25-23(27)15-31-20-6-4-5-19(14-20)26-24(28)17-9-12-21(29-2)22(13-17)30-3/h4-14H,15H2,1-3H3,(H,25,27)(H,26,28). The van der Waals surface area contributed by atoms with Gasteiger partial charge >= 0.3 is 0 Å². The van der Waals surface area contributed by atoms with Gasteiger partial charge in [-0.05, 0) is 55.5 Å². The van der Waals surface area contributed by atoms with Crippen LogP contribution in [0, 0.1) is 6.92 Å². The molecule has 0 spiro atoms. The Morgan fingerprint density at radius 3 is 2.29 bits per heavy atom. The normalized spacial score (nSPS) is 10.3. The summed E-state index contributed by atoms with van der Waals surface area (Å²) < 4.78 is 10.5. The van der Waals surface area contributed by atoms with Gasteiger partial charge in [0.25, 0.3) is 5.91 Å². The number of aryl methyl sites for hydroxylation is 1. The number of nitrogens with one attached hydrogen (secondary N) is 2. The molecule has 0 heterocycles. The second kappa shape index (κ2) is 10.5. The predicted octanol–water partition coefficient (Wildman–Crippen LogP) is 5.00. The molecule has 160 valence electrons. The van der Waals surface area contributed by atoms with Crippen molar-refractivity contribution in [2.24, 2.45) is 0 Å². The van der Waals surface area contributed by atoms with Crippen molar-refractivity contribution in [2.45, 2.75) is 11.8 Å². The lowest BCUT2D eigenvalue weighted by Gasteiger charge is -2.11. The minimum Gasteiger partial charge on any atom is -0.493 e. The van der Waals surface area contributed by atoms with E-state index < -0.39 is 0 Å². The maximum Gasteiger partial charge on any atom is 0.255 e. The van der Waals surface area contributed by atoms with Crippen LogP contribution in [0.15, 0.2) is 71.6 Å². The van der Waals surface area contributed by atoms with Crippen LogP contribution in [0.5, 0.6) is 11.5 Å². The van der Waals surface area contributed by atoms with Crippen molar-refractivity contribution in [2.75, 3.05) is 30.6 Å². The monoisotopic (exact) mass is 436 g/mol. The molecule has 31 heavy (non-hydrogen) atoms. The van der Waals surface area contributed by atoms with Crippen LogP contribution >= 0.6 is 11.8 Å². The van der Waals surface area contributed by atoms with Crippen molar-refractivity contribution in [1.29, 1.82) is 0 Å². The molecule has 0 bridgehead atoms. The molecule has 3 aromatic rings. The summed E-state index contributed by atoms with van der Waals surface area (Å²) in [6.45, 7) is 2.00. The first kappa shape index (κ1) is 22.2. The molecule has 0 saturated carbocycles. The van der Waals surface area contributed by atoms with Crippen molar-refractivity contribution in [3.8, 4) is 11.5 Å². The SMILES string of the molecule is COc1ccc(C(=O)Nc2cccc(SCC(=O)Nc3ccc(C)cc3)c2)cc1OC. The van der Waals surface area contributed by atoms with Gasteiger partial charge in [0.2, 0.25) is 5.91 Å². The summed E-state index contributed by atoms with van der Waals surface area (Å²) in [5.74, 6) is 0.954. The molecular formula is C24H24N2O4S. The average molecular weight is 437 g/mol. The smallest absolute Gasteiger partial charge is 0.255 e. The molecule has 3 rings (SSSR count). The third-order valence-electron chi connectivity index (χ3n) is 4.44. The molecule has 0 aliphatic carbocycles. The Labute approximate surface area is 186 Å². The van der Waals surface area contributed by atoms with E-state index in [1.165, 1.54) is 18.9 Å². The number of thioether (sulfide) groups is 1. The number of carbonyl (C=O) groups excluding carboxylic acids is 2. The molecule has 0 unspecified atom stereocenters. The van der Waals surface area contributed by atoms with E-state index in [0.29, 0.717) is 22.7 Å². The van der Waals surface area contributed by atoms with Crippen LogP contribution in [0.1, 0.15) is 15.9 Å². The third-order valence-corrected chi connectivity index (χ3v) is 5.44. The maximum absolute atomic E-state index is 12.6. The van der Waals surface area contributed by atoms with Crippen LogP contribution in [0.2, 0.25) is 0 Å². The van der Waals surface area contributed by atoms with E-state index >= 15 is 0 Å². The van der Waals surface area contributed by atoms with E-state index in [1.54, 1.807) is 31.4 Å². The quantitative estimate of drug-likeness (QED) is 0.486. The molecule has 2 N–H and O–H groups in total. The molecule has 0 aliphatic rings. The first-order chi connectivity index (χ1) is 15.0. The van der Waals surface area contributed by atoms with E-state index in [4.69, 9.17) is 9.47 Å². The number of methoxy groups -OCH3 is 2. The fraction of sp³-hybridized carbons (Fsp3) is 0.167. The van der Waals surface area contributed by atoms with Crippen LogP contribution in [0.25, 0.3) is 0 Å². The topological polar surface area (TPSA) is 76.7 Å². The van der Waals surface area contributed by atoms with Crippen LogP contribution in [-0.4, -0.2) is 31.8 Å². The van der Waals surface area contributed by atoms with Gasteiger partial charge in [0.1, 0.15) is 0 Å². The van der Waals surface area contributed by atoms with E-state index in [1.807, 2.05) is 49.4 Å². The molecule has 7 heteroatoms. The Morgan fingerprint density at radius 1 is 0.839 bits per heavy atom. The summed E-state index contributed by atoms with van der Waals surface area (Å²) in [4.78, 5) is 25.7. The zero-order valence-electron chi connectivity index (χ0n) is 17.6. The lowest BCUT2D eigenvalue weighted by Crippen LogP contribution is -2.14. The van der Waals surface area contributed by atoms with Gasteiger partial charge in [0.15, 0.2) is 11.5 Å². The number of amides is 2. The number of rotatable bonds is 8. The molecule has 0 aromatic heterocycles. The molecule has 0 saturated heterocycles. The van der Waals surface area contributed by atoms with Crippen molar-refractivity contribution in [3.05, 3.63) is 77.9 Å². The molecule has 0 aliphatic heterocycles. The molecule has 2 amide bonds. The lowest BCUT2D eigenvalue weighted by atomic mass is 10.2. The van der Waals surface area contributed by atoms with Crippen molar-refractivity contribution < 1.29 is 19.1 Å². The van der Waals surface area contributed by atoms with Crippen molar-refractivity contribution in [1.82, 2.24) is 0 Å². The van der Waals surface area contributed by atoms with Gasteiger partial charge in [-0.15, -0.1) is 11.8 Å². The van der Waals surface area contributed by atoms with Crippen molar-refractivity contribution in [3.63, 3.8) is 0 Å². The molecule has 0 atom stereocenters. The summed E-state index contributed by atoms with van der Waals surface area (Å²) in [5, 5.41) is 5.75. The number of carbonyl (C=O) groups is 2. The molecule has 6 nitrogen and oxygen atoms in total. The highest BCUT2D eigenvalue weighted by atomic mass is 32.2. The molecule has 3 aromatic carbocycles. The average Bonchev–Trinajstić information content (AvgIpc) is 2.79. The predicted molar refractivity (Wildman–Crippen MR) is 124 cm³/mol. The number of hydrogen-bond acceptors (Lipinski definition) is 5. The second-order valence-electron chi connectivity index (χ2n) is 6.75. The van der Waals surface area contributed by atoms with E-state index in [0.717, 1.165) is 16.1 Å². The Balaban J connectivity index is 1.59. The van der Waals surface area contributed by atoms with Gasteiger partial charge in [-0.25, -0.2) is 0 Å². The third kappa shape index (κ3) is 6.26. The number of hydrogen-bond donors (Lipinski definition) is 2. The highest BCUT2D eigenvalue weighted by Gasteiger charge is 2.12. The largest absolute Gasteiger partial charge is 0.493 e. The summed E-state index contributed by atoms with van der Waals surface area (Å²) >= 11 is 1.40. The van der Waals surface area contributed by atoms with Gasteiger partial charge in [-0.3, -0.25) is 9.59 Å². The van der Waals surface area contributed by atoms with Crippen LogP contribution in [0.3, 0.4) is 0 Å². The zero-order valence-corrected chi connectivity index (χ0v) is 18.4. The Morgan fingerprint density at radius 2 is 1.58 bits per heavy atom. The van der Waals surface area contributed by atoms with Crippen LogP contribution < -0.4 is 20.1 Å². The first-order valence-corrected chi connectivity index (χ1v) is 10.6. The first-order valence-electron chi connectivity index (χ1n) is 9.61. The Kier molecular flexibility index (Phi) is 7.56. The summed E-state index contributed by atoms with van der Waals surface area (Å²) in [6, 6.07) is 20.0. The minimum absolute atomic E-state index is 0.0892. The number of benzene rings is 3. The van der Waals surface area contributed by atoms with Gasteiger partial charge < -0.3 is 20.1 Å². The highest BCUT2D eigenvalue weighted by Crippen LogP contribution is 2.28. The maximum atomic E-state index is 12.6. The van der Waals surface area contributed by atoms with Gasteiger partial charge in [-0.2, -0.15) is 0 Å². The van der Waals surface area contributed by atoms with E-state index in [-0.39, 0.29) is 17.6 Å². The number of anilines is 2. The molecular weight excluding hydrogens is 412 g/mol. The van der Waals surface area contributed by atoms with Crippen LogP contribution in [-0.2, 0) is 4.79 Å². The van der Waals surface area contributed by atoms with Crippen molar-refractivity contribution >= 4 is 35.0 Å². The summed E-state index contributed by atoms with van der Waals surface area (Å²) in [5.41, 5.74) is 3.00. The Hall–Kier alpha value is -3.45. The van der Waals surface area contributed by atoms with Gasteiger partial charge in [0.05, 0.1) is 20.0 Å². The molecule has 0 radical (unpaired) electrons. The second-order valence-corrected chi connectivity index (χ2v) is 7.80. The summed E-state index contributed by atoms with van der Waals surface area (Å²) in [7, 11) is 3.07. The van der Waals surface area contributed by atoms with E-state index in [2.05, 4.69) is 10.6 Å². The van der Waals surface area contributed by atoms with Crippen LogP contribution in [0.4, 0.5) is 11.4 Å². The molecule has 0 fully saturated rings. The summed E-state index contributed by atoms with van der Waals surface area (Å²) in [6.07, 6.45) is 0. The Bertz CT molecular complexity index is 1070. The minimum atomic E-state index is -0.264. The highest BCUT2D eigenvalue weighted by molar-refractivity contribution is 8.00. The van der Waals surface area contributed by atoms with E-state index in [9.17, 15) is 9.59 Å². The zero-order chi connectivity index (χ0) is 22.2. The fourth-order valence-electron chi connectivity index (χ4n) is 2.83. The fourth-order valence-corrected chi connectivity index (χ4v) is 3.58. The lowest BCUT2D eigenvalue weighted by molar-refractivity contribution is -0.113. The number of ether oxygens (including phenoxy) is 2.